The van der Waals surface area contributed by atoms with Crippen molar-refractivity contribution in [1.29, 1.82) is 5.26 Å². The third-order valence-corrected chi connectivity index (χ3v) is 5.20. The number of pyridine rings is 2. The van der Waals surface area contributed by atoms with Crippen molar-refractivity contribution in [3.05, 3.63) is 69.6 Å². The number of nitriles is 1. The molecule has 0 aromatic carbocycles. The third-order valence-electron chi connectivity index (χ3n) is 4.17. The molecule has 27 heavy (non-hydrogen) atoms. The van der Waals surface area contributed by atoms with E-state index in [4.69, 9.17) is 22.6 Å². The van der Waals surface area contributed by atoms with E-state index < -0.39 is 5.54 Å². The highest BCUT2D eigenvalue weighted by Gasteiger charge is 2.34. The minimum atomic E-state index is -0.678. The summed E-state index contributed by atoms with van der Waals surface area (Å²) in [5.74, 6) is -0.175. The molecule has 3 heterocycles. The number of carbonyl (C=O) groups excluding carboxylic acids is 1. The van der Waals surface area contributed by atoms with Crippen molar-refractivity contribution in [2.45, 2.75) is 25.3 Å². The fourth-order valence-corrected chi connectivity index (χ4v) is 4.10. The Morgan fingerprint density at radius 3 is 2.85 bits per heavy atom. The van der Waals surface area contributed by atoms with Gasteiger partial charge in [0.25, 0.3) is 0 Å². The Morgan fingerprint density at radius 2 is 2.22 bits per heavy atom. The first-order valence-corrected chi connectivity index (χ1v) is 9.25. The summed E-state index contributed by atoms with van der Waals surface area (Å²) in [6.45, 7) is 5.91. The van der Waals surface area contributed by atoms with Crippen LogP contribution in [-0.2, 0) is 12.0 Å². The number of halogens is 1. The average Bonchev–Trinajstić information content (AvgIpc) is 2.62. The van der Waals surface area contributed by atoms with Crippen LogP contribution in [0.1, 0.15) is 40.5 Å². The van der Waals surface area contributed by atoms with Crippen molar-refractivity contribution in [2.75, 3.05) is 0 Å². The Hall–Kier alpha value is -2.69. The van der Waals surface area contributed by atoms with Crippen LogP contribution < -0.4 is 5.73 Å². The predicted molar refractivity (Wildman–Crippen MR) is 107 cm³/mol. The quantitative estimate of drug-likeness (QED) is 0.624. The topological polar surface area (TPSA) is 105 Å². The molecule has 0 fully saturated rings. The van der Waals surface area contributed by atoms with E-state index >= 15 is 0 Å². The number of nitrogens with two attached hydrogens (primary N) is 1. The summed E-state index contributed by atoms with van der Waals surface area (Å²) >= 11 is 7.66. The lowest BCUT2D eigenvalue weighted by molar-refractivity contribution is 0.0988. The molecule has 0 aliphatic carbocycles. The third kappa shape index (κ3) is 4.18. The molecule has 1 aliphatic heterocycles. The van der Waals surface area contributed by atoms with Crippen LogP contribution in [0.15, 0.2) is 47.1 Å². The lowest BCUT2D eigenvalue weighted by atomic mass is 9.89. The number of nitrogens with zero attached hydrogens (tertiary/aromatic N) is 4. The number of hydrogen-bond acceptors (Lipinski definition) is 7. The number of amidine groups is 1. The van der Waals surface area contributed by atoms with Crippen molar-refractivity contribution in [1.82, 2.24) is 9.97 Å². The number of carbonyl (C=O) groups is 1. The van der Waals surface area contributed by atoms with E-state index in [1.54, 1.807) is 18.3 Å². The van der Waals surface area contributed by atoms with Crippen molar-refractivity contribution in [3.63, 3.8) is 0 Å². The monoisotopic (exact) mass is 397 g/mol. The molecule has 0 bridgehead atoms. The van der Waals surface area contributed by atoms with Gasteiger partial charge in [-0.05, 0) is 35.6 Å². The number of aromatic nitrogens is 2. The molecule has 2 aromatic rings. The zero-order chi connectivity index (χ0) is 19.6. The van der Waals surface area contributed by atoms with Crippen LogP contribution in [0.2, 0.25) is 5.15 Å². The Morgan fingerprint density at radius 1 is 1.44 bits per heavy atom. The zero-order valence-corrected chi connectivity index (χ0v) is 16.1. The van der Waals surface area contributed by atoms with Crippen LogP contribution >= 0.6 is 23.4 Å². The van der Waals surface area contributed by atoms with Gasteiger partial charge in [0.1, 0.15) is 16.9 Å². The standard InChI is InChI=1S/C19H16ClN5OS/c1-11-7-19(2,25-18(22)27-11)14-5-13(10-24-17(14)20)6-16(26)15-4-3-12(8-21)9-23-15/h3-5,9-10H,1,6-7H2,2H3,(H2,22,25)/t19-/m0/s1. The molecule has 0 unspecified atom stereocenters. The normalized spacial score (nSPS) is 19.3. The SMILES string of the molecule is C=C1C[C@@](C)(c2cc(CC(=O)c3ccc(C#N)cn3)cnc2Cl)N=C(N)S1. The zero-order valence-electron chi connectivity index (χ0n) is 14.6. The molecule has 136 valence electrons. The number of Topliss-reactive ketones (excluding diaryl/α,β-unsaturated/α-hetero) is 1. The molecular formula is C19H16ClN5OS. The van der Waals surface area contributed by atoms with Crippen molar-refractivity contribution in [2.24, 2.45) is 10.7 Å². The minimum absolute atomic E-state index is 0.112. The molecule has 0 saturated carbocycles. The fourth-order valence-electron chi connectivity index (χ4n) is 2.90. The number of aliphatic imine (C=N–C) groups is 1. The molecule has 6 nitrogen and oxygen atoms in total. The second-order valence-corrected chi connectivity index (χ2v) is 7.92. The highest BCUT2D eigenvalue weighted by atomic mass is 35.5. The molecular weight excluding hydrogens is 382 g/mol. The van der Waals surface area contributed by atoms with Gasteiger partial charge in [0.05, 0.1) is 11.1 Å². The first kappa shape index (κ1) is 19.1. The molecule has 1 aliphatic rings. The highest BCUT2D eigenvalue weighted by molar-refractivity contribution is 8.17. The maximum Gasteiger partial charge on any atom is 0.185 e. The highest BCUT2D eigenvalue weighted by Crippen LogP contribution is 2.42. The Balaban J connectivity index is 1.89. The van der Waals surface area contributed by atoms with Gasteiger partial charge in [0.15, 0.2) is 11.0 Å². The second kappa shape index (κ2) is 7.51. The molecule has 0 spiro atoms. The van der Waals surface area contributed by atoms with Gasteiger partial charge < -0.3 is 5.73 Å². The second-order valence-electron chi connectivity index (χ2n) is 6.37. The van der Waals surface area contributed by atoms with E-state index in [2.05, 4.69) is 21.5 Å². The van der Waals surface area contributed by atoms with Gasteiger partial charge in [-0.25, -0.2) is 4.98 Å². The molecule has 8 heteroatoms. The van der Waals surface area contributed by atoms with Gasteiger partial charge >= 0.3 is 0 Å². The van der Waals surface area contributed by atoms with E-state index in [0.29, 0.717) is 39.1 Å². The van der Waals surface area contributed by atoms with Gasteiger partial charge in [-0.3, -0.25) is 14.8 Å². The summed E-state index contributed by atoms with van der Waals surface area (Å²) in [6.07, 6.45) is 3.63. The largest absolute Gasteiger partial charge is 0.378 e. The van der Waals surface area contributed by atoms with E-state index in [1.165, 1.54) is 18.0 Å². The predicted octanol–water partition coefficient (Wildman–Crippen LogP) is 3.61. The number of thioether (sulfide) groups is 1. The van der Waals surface area contributed by atoms with E-state index in [0.717, 1.165) is 4.91 Å². The number of ketones is 1. The van der Waals surface area contributed by atoms with Gasteiger partial charge in [-0.1, -0.05) is 29.9 Å². The summed E-state index contributed by atoms with van der Waals surface area (Å²) in [5.41, 5.74) is 7.33. The summed E-state index contributed by atoms with van der Waals surface area (Å²) in [7, 11) is 0. The number of hydrogen-bond donors (Lipinski definition) is 1. The maximum absolute atomic E-state index is 12.5. The molecule has 2 N–H and O–H groups in total. The summed E-state index contributed by atoms with van der Waals surface area (Å²) in [5, 5.41) is 9.57. The van der Waals surface area contributed by atoms with E-state index in [-0.39, 0.29) is 12.2 Å². The molecule has 0 saturated heterocycles. The Labute approximate surface area is 166 Å². The summed E-state index contributed by atoms with van der Waals surface area (Å²) in [4.78, 5) is 26.2. The first-order chi connectivity index (χ1) is 12.8. The maximum atomic E-state index is 12.5. The molecule has 1 atom stereocenters. The van der Waals surface area contributed by atoms with E-state index in [1.807, 2.05) is 19.1 Å². The minimum Gasteiger partial charge on any atom is -0.378 e. The van der Waals surface area contributed by atoms with Gasteiger partial charge in [0, 0.05) is 30.8 Å². The molecule has 3 rings (SSSR count). The molecule has 0 radical (unpaired) electrons. The van der Waals surface area contributed by atoms with Gasteiger partial charge in [0.2, 0.25) is 0 Å². The number of rotatable bonds is 4. The van der Waals surface area contributed by atoms with Gasteiger partial charge in [-0.2, -0.15) is 5.26 Å². The lowest BCUT2D eigenvalue weighted by Crippen LogP contribution is -2.28. The summed E-state index contributed by atoms with van der Waals surface area (Å²) < 4.78 is 0. The molecule has 0 amide bonds. The lowest BCUT2D eigenvalue weighted by Gasteiger charge is -2.31. The Bertz CT molecular complexity index is 996. The van der Waals surface area contributed by atoms with Crippen LogP contribution in [-0.4, -0.2) is 20.9 Å². The van der Waals surface area contributed by atoms with Crippen LogP contribution in [0.4, 0.5) is 0 Å². The first-order valence-electron chi connectivity index (χ1n) is 8.06. The van der Waals surface area contributed by atoms with Crippen LogP contribution in [0.5, 0.6) is 0 Å². The Kier molecular flexibility index (Phi) is 5.31. The van der Waals surface area contributed by atoms with E-state index in [9.17, 15) is 4.79 Å². The van der Waals surface area contributed by atoms with Crippen LogP contribution in [0, 0.1) is 11.3 Å². The average molecular weight is 398 g/mol. The summed E-state index contributed by atoms with van der Waals surface area (Å²) in [6, 6.07) is 6.91. The van der Waals surface area contributed by atoms with Gasteiger partial charge in [-0.15, -0.1) is 0 Å². The van der Waals surface area contributed by atoms with Crippen LogP contribution in [0.3, 0.4) is 0 Å². The van der Waals surface area contributed by atoms with Crippen molar-refractivity contribution < 1.29 is 4.79 Å². The van der Waals surface area contributed by atoms with Crippen molar-refractivity contribution in [3.8, 4) is 6.07 Å². The molecule has 2 aromatic heterocycles. The fraction of sp³-hybridized carbons (Fsp3) is 0.211. The smallest absolute Gasteiger partial charge is 0.185 e. The van der Waals surface area contributed by atoms with Crippen LogP contribution in [0.25, 0.3) is 0 Å². The van der Waals surface area contributed by atoms with Crippen molar-refractivity contribution >= 4 is 34.3 Å².